The third-order valence-corrected chi connectivity index (χ3v) is 2.43. The van der Waals surface area contributed by atoms with Crippen LogP contribution in [-0.2, 0) is 6.42 Å². The predicted molar refractivity (Wildman–Crippen MR) is 65.3 cm³/mol. The zero-order chi connectivity index (χ0) is 11.1. The van der Waals surface area contributed by atoms with Crippen molar-refractivity contribution >= 4 is 0 Å². The van der Waals surface area contributed by atoms with E-state index in [4.69, 9.17) is 4.74 Å². The van der Waals surface area contributed by atoms with Crippen molar-refractivity contribution in [2.75, 3.05) is 7.11 Å². The minimum Gasteiger partial charge on any atom is -0.496 e. The first-order chi connectivity index (χ1) is 7.27. The Bertz CT molecular complexity index is 315. The van der Waals surface area contributed by atoms with E-state index in [1.807, 2.05) is 12.1 Å². The average Bonchev–Trinajstić information content (AvgIpc) is 2.27. The first-order valence-corrected chi connectivity index (χ1v) is 5.56. The van der Waals surface area contributed by atoms with E-state index in [0.717, 1.165) is 18.6 Å². The second-order valence-electron chi connectivity index (χ2n) is 3.83. The van der Waals surface area contributed by atoms with Crippen LogP contribution < -0.4 is 4.74 Å². The first-order valence-electron chi connectivity index (χ1n) is 5.56. The number of rotatable bonds is 5. The Morgan fingerprint density at radius 2 is 2.07 bits per heavy atom. The summed E-state index contributed by atoms with van der Waals surface area (Å²) in [5, 5.41) is 0. The van der Waals surface area contributed by atoms with E-state index >= 15 is 0 Å². The summed E-state index contributed by atoms with van der Waals surface area (Å²) in [7, 11) is 1.73. The molecule has 0 amide bonds. The highest BCUT2D eigenvalue weighted by Crippen LogP contribution is 2.21. The van der Waals surface area contributed by atoms with Crippen molar-refractivity contribution < 1.29 is 4.74 Å². The van der Waals surface area contributed by atoms with Gasteiger partial charge in [-0.15, -0.1) is 0 Å². The highest BCUT2D eigenvalue weighted by Gasteiger charge is 2.04. The van der Waals surface area contributed by atoms with Crippen molar-refractivity contribution in [2.45, 2.75) is 26.7 Å². The fourth-order valence-electron chi connectivity index (χ4n) is 1.65. The standard InChI is InChI=1S/C14H20O/c1-4-5-8-12(2)11-13-9-6-7-10-14(13)15-3/h5-10,12H,4,11H2,1-3H3/b8-5-. The molecule has 1 rings (SSSR count). The predicted octanol–water partition coefficient (Wildman–Crippen LogP) is 3.84. The Balaban J connectivity index is 2.67. The lowest BCUT2D eigenvalue weighted by molar-refractivity contribution is 0.408. The highest BCUT2D eigenvalue weighted by atomic mass is 16.5. The second kappa shape index (κ2) is 6.28. The molecule has 15 heavy (non-hydrogen) atoms. The maximum absolute atomic E-state index is 5.33. The number of allylic oxidation sites excluding steroid dienone is 2. The first kappa shape index (κ1) is 11.8. The number of para-hydroxylation sites is 1. The molecule has 0 saturated carbocycles. The Kier molecular flexibility index (Phi) is 4.96. The van der Waals surface area contributed by atoms with Gasteiger partial charge in [-0.2, -0.15) is 0 Å². The molecule has 0 heterocycles. The molecule has 0 aliphatic rings. The van der Waals surface area contributed by atoms with Crippen LogP contribution in [0.1, 0.15) is 25.8 Å². The Labute approximate surface area is 92.8 Å². The molecule has 1 unspecified atom stereocenters. The van der Waals surface area contributed by atoms with Crippen LogP contribution in [0.3, 0.4) is 0 Å². The molecular weight excluding hydrogens is 184 g/mol. The molecule has 0 fully saturated rings. The summed E-state index contributed by atoms with van der Waals surface area (Å²) in [6.07, 6.45) is 6.64. The van der Waals surface area contributed by atoms with Crippen LogP contribution in [0.25, 0.3) is 0 Å². The fourth-order valence-corrected chi connectivity index (χ4v) is 1.65. The van der Waals surface area contributed by atoms with Crippen LogP contribution in [0.5, 0.6) is 5.75 Å². The van der Waals surface area contributed by atoms with Crippen LogP contribution >= 0.6 is 0 Å². The smallest absolute Gasteiger partial charge is 0.122 e. The van der Waals surface area contributed by atoms with Crippen molar-refractivity contribution in [1.82, 2.24) is 0 Å². The van der Waals surface area contributed by atoms with Crippen molar-refractivity contribution in [3.63, 3.8) is 0 Å². The molecule has 0 aliphatic carbocycles. The van der Waals surface area contributed by atoms with E-state index in [0.29, 0.717) is 5.92 Å². The molecule has 1 nitrogen and oxygen atoms in total. The van der Waals surface area contributed by atoms with Crippen molar-refractivity contribution in [1.29, 1.82) is 0 Å². The average molecular weight is 204 g/mol. The second-order valence-corrected chi connectivity index (χ2v) is 3.83. The summed E-state index contributed by atoms with van der Waals surface area (Å²) in [6, 6.07) is 8.23. The van der Waals surface area contributed by atoms with E-state index in [1.54, 1.807) is 7.11 Å². The van der Waals surface area contributed by atoms with Gasteiger partial charge in [-0.3, -0.25) is 0 Å². The van der Waals surface area contributed by atoms with Crippen molar-refractivity contribution in [3.05, 3.63) is 42.0 Å². The van der Waals surface area contributed by atoms with Crippen LogP contribution in [0.15, 0.2) is 36.4 Å². The Morgan fingerprint density at radius 3 is 2.73 bits per heavy atom. The zero-order valence-electron chi connectivity index (χ0n) is 9.86. The van der Waals surface area contributed by atoms with Gasteiger partial charge in [0.1, 0.15) is 5.75 Å². The summed E-state index contributed by atoms with van der Waals surface area (Å²) in [4.78, 5) is 0. The van der Waals surface area contributed by atoms with Crippen molar-refractivity contribution in [3.8, 4) is 5.75 Å². The molecule has 0 aliphatic heterocycles. The number of ether oxygens (including phenoxy) is 1. The SMILES string of the molecule is CC/C=C\C(C)Cc1ccccc1OC. The monoisotopic (exact) mass is 204 g/mol. The van der Waals surface area contributed by atoms with Gasteiger partial charge in [-0.05, 0) is 30.4 Å². The molecule has 0 spiro atoms. The number of hydrogen-bond acceptors (Lipinski definition) is 1. The quantitative estimate of drug-likeness (QED) is 0.662. The Hall–Kier alpha value is -1.24. The third-order valence-electron chi connectivity index (χ3n) is 2.43. The molecule has 1 heteroatoms. The van der Waals surface area contributed by atoms with Crippen LogP contribution in [0, 0.1) is 5.92 Å². The van der Waals surface area contributed by atoms with Gasteiger partial charge in [0.15, 0.2) is 0 Å². The number of methoxy groups -OCH3 is 1. The summed E-state index contributed by atoms with van der Waals surface area (Å²) >= 11 is 0. The maximum atomic E-state index is 5.33. The van der Waals surface area contributed by atoms with E-state index in [-0.39, 0.29) is 0 Å². The van der Waals surface area contributed by atoms with Gasteiger partial charge in [-0.1, -0.05) is 44.2 Å². The van der Waals surface area contributed by atoms with Crippen LogP contribution in [-0.4, -0.2) is 7.11 Å². The molecule has 1 aromatic rings. The fraction of sp³-hybridized carbons (Fsp3) is 0.429. The van der Waals surface area contributed by atoms with E-state index in [2.05, 4.69) is 38.1 Å². The topological polar surface area (TPSA) is 9.23 Å². The van der Waals surface area contributed by atoms with Gasteiger partial charge in [0.2, 0.25) is 0 Å². The molecule has 0 saturated heterocycles. The molecule has 82 valence electrons. The van der Waals surface area contributed by atoms with Crippen LogP contribution in [0.2, 0.25) is 0 Å². The molecule has 1 aromatic carbocycles. The molecular formula is C14H20O. The van der Waals surface area contributed by atoms with E-state index < -0.39 is 0 Å². The molecule has 0 bridgehead atoms. The summed E-state index contributed by atoms with van der Waals surface area (Å²) in [6.45, 7) is 4.39. The summed E-state index contributed by atoms with van der Waals surface area (Å²) in [5.74, 6) is 1.57. The van der Waals surface area contributed by atoms with E-state index in [9.17, 15) is 0 Å². The Morgan fingerprint density at radius 1 is 1.33 bits per heavy atom. The lowest BCUT2D eigenvalue weighted by Gasteiger charge is -2.10. The normalized spacial score (nSPS) is 13.0. The number of hydrogen-bond donors (Lipinski definition) is 0. The molecule has 0 N–H and O–H groups in total. The highest BCUT2D eigenvalue weighted by molar-refractivity contribution is 5.33. The van der Waals surface area contributed by atoms with E-state index in [1.165, 1.54) is 5.56 Å². The summed E-state index contributed by atoms with van der Waals surface area (Å²) < 4.78 is 5.33. The minimum absolute atomic E-state index is 0.571. The van der Waals surface area contributed by atoms with Gasteiger partial charge in [-0.25, -0.2) is 0 Å². The van der Waals surface area contributed by atoms with Gasteiger partial charge >= 0.3 is 0 Å². The molecule has 0 aromatic heterocycles. The zero-order valence-corrected chi connectivity index (χ0v) is 9.86. The lowest BCUT2D eigenvalue weighted by Crippen LogP contribution is -1.98. The maximum Gasteiger partial charge on any atom is 0.122 e. The largest absolute Gasteiger partial charge is 0.496 e. The van der Waals surface area contributed by atoms with Crippen molar-refractivity contribution in [2.24, 2.45) is 5.92 Å². The third kappa shape index (κ3) is 3.78. The van der Waals surface area contributed by atoms with Gasteiger partial charge < -0.3 is 4.74 Å². The van der Waals surface area contributed by atoms with Gasteiger partial charge in [0, 0.05) is 0 Å². The summed E-state index contributed by atoms with van der Waals surface area (Å²) in [5.41, 5.74) is 1.29. The minimum atomic E-state index is 0.571. The van der Waals surface area contributed by atoms with Gasteiger partial charge in [0.05, 0.1) is 7.11 Å². The number of benzene rings is 1. The van der Waals surface area contributed by atoms with Crippen LogP contribution in [0.4, 0.5) is 0 Å². The van der Waals surface area contributed by atoms with Gasteiger partial charge in [0.25, 0.3) is 0 Å². The lowest BCUT2D eigenvalue weighted by atomic mass is 10.00. The molecule has 1 atom stereocenters. The molecule has 0 radical (unpaired) electrons.